The Hall–Kier alpha value is -2.42. The van der Waals surface area contributed by atoms with Crippen molar-refractivity contribution in [3.63, 3.8) is 0 Å². The van der Waals surface area contributed by atoms with Gasteiger partial charge in [-0.1, -0.05) is 54.4 Å². The summed E-state index contributed by atoms with van der Waals surface area (Å²) in [6.07, 6.45) is 3.37. The average molecular weight is 502 g/mol. The highest BCUT2D eigenvalue weighted by atomic mass is 32.2. The van der Waals surface area contributed by atoms with Crippen LogP contribution in [0.25, 0.3) is 0 Å². The number of carbonyl (C=O) groups excluding carboxylic acids is 1. The second kappa shape index (κ2) is 12.5. The third-order valence-electron chi connectivity index (χ3n) is 6.51. The topological polar surface area (TPSA) is 70.2 Å². The minimum absolute atomic E-state index is 0.0488. The maximum Gasteiger partial charge on any atom is 0.409 e. The summed E-state index contributed by atoms with van der Waals surface area (Å²) in [5.74, 6) is 0. The fourth-order valence-electron chi connectivity index (χ4n) is 4.59. The van der Waals surface area contributed by atoms with Crippen molar-refractivity contribution in [1.82, 2.24) is 14.1 Å². The Labute approximate surface area is 210 Å². The molecular weight excluding hydrogens is 462 g/mol. The van der Waals surface area contributed by atoms with E-state index in [0.29, 0.717) is 19.4 Å². The molecule has 2 aromatic rings. The second-order valence-corrected chi connectivity index (χ2v) is 11.6. The third-order valence-corrected chi connectivity index (χ3v) is 8.53. The van der Waals surface area contributed by atoms with Crippen molar-refractivity contribution >= 4 is 16.1 Å². The third kappa shape index (κ3) is 7.53. The van der Waals surface area contributed by atoms with Gasteiger partial charge in [-0.05, 0) is 70.9 Å². The van der Waals surface area contributed by atoms with E-state index in [1.54, 1.807) is 28.4 Å². The minimum atomic E-state index is -3.77. The second-order valence-electron chi connectivity index (χ2n) is 9.73. The molecule has 1 heterocycles. The van der Waals surface area contributed by atoms with Crippen molar-refractivity contribution < 1.29 is 17.9 Å². The van der Waals surface area contributed by atoms with Gasteiger partial charge in [0.25, 0.3) is 0 Å². The van der Waals surface area contributed by atoms with Gasteiger partial charge in [-0.15, -0.1) is 0 Å². The molecule has 0 saturated carbocycles. The molecule has 0 aromatic heterocycles. The van der Waals surface area contributed by atoms with Gasteiger partial charge in [-0.25, -0.2) is 13.2 Å². The molecule has 192 valence electrons. The Morgan fingerprint density at radius 3 is 2.29 bits per heavy atom. The molecule has 1 aliphatic heterocycles. The summed E-state index contributed by atoms with van der Waals surface area (Å²) in [5.41, 5.74) is 2.10. The van der Waals surface area contributed by atoms with E-state index in [2.05, 4.69) is 4.90 Å². The van der Waals surface area contributed by atoms with Crippen LogP contribution in [0, 0.1) is 6.92 Å². The van der Waals surface area contributed by atoms with Crippen molar-refractivity contribution in [3.05, 3.63) is 65.7 Å². The van der Waals surface area contributed by atoms with Gasteiger partial charge in [0, 0.05) is 19.6 Å². The van der Waals surface area contributed by atoms with Crippen LogP contribution in [0.3, 0.4) is 0 Å². The van der Waals surface area contributed by atoms with Gasteiger partial charge in [-0.2, -0.15) is 4.31 Å². The van der Waals surface area contributed by atoms with E-state index in [0.717, 1.165) is 36.9 Å². The molecule has 2 atom stereocenters. The van der Waals surface area contributed by atoms with Crippen molar-refractivity contribution in [2.45, 2.75) is 56.0 Å². The lowest BCUT2D eigenvalue weighted by Gasteiger charge is -2.41. The zero-order chi connectivity index (χ0) is 25.4. The summed E-state index contributed by atoms with van der Waals surface area (Å²) in [6, 6.07) is 16.4. The number of amides is 1. The minimum Gasteiger partial charge on any atom is -0.448 e. The Kier molecular flexibility index (Phi) is 9.71. The molecule has 1 fully saturated rings. The molecule has 0 unspecified atom stereocenters. The van der Waals surface area contributed by atoms with Crippen molar-refractivity contribution in [2.24, 2.45) is 0 Å². The standard InChI is InChI=1S/C27H39N3O4S/c1-22-14-16-26(17-15-22)35(32,33)30-24(20-23-10-6-5-7-11-23)12-8-13-25(30)21-34-27(31)29(4)19-9-18-28(2)3/h5-7,10-11,14-17,24-25H,8-9,12-13,18-21H2,1-4H3/t24-,25+/m0/s1. The molecule has 0 radical (unpaired) electrons. The number of ether oxygens (including phenoxy) is 1. The predicted octanol–water partition coefficient (Wildman–Crippen LogP) is 4.17. The van der Waals surface area contributed by atoms with Gasteiger partial charge in [0.1, 0.15) is 6.61 Å². The van der Waals surface area contributed by atoms with E-state index in [1.165, 1.54) is 0 Å². The fourth-order valence-corrected chi connectivity index (χ4v) is 6.45. The molecule has 0 spiro atoms. The van der Waals surface area contributed by atoms with Crippen LogP contribution in [0.4, 0.5) is 4.79 Å². The quantitative estimate of drug-likeness (QED) is 0.489. The summed E-state index contributed by atoms with van der Waals surface area (Å²) in [7, 11) is 1.95. The molecule has 2 aromatic carbocycles. The number of carbonyl (C=O) groups is 1. The number of benzene rings is 2. The van der Waals surface area contributed by atoms with E-state index >= 15 is 0 Å². The molecule has 1 amide bonds. The number of hydrogen-bond acceptors (Lipinski definition) is 5. The van der Waals surface area contributed by atoms with E-state index in [9.17, 15) is 13.2 Å². The zero-order valence-corrected chi connectivity index (χ0v) is 22.2. The van der Waals surface area contributed by atoms with Crippen LogP contribution in [-0.2, 0) is 21.2 Å². The van der Waals surface area contributed by atoms with Gasteiger partial charge in [-0.3, -0.25) is 0 Å². The van der Waals surface area contributed by atoms with E-state index in [-0.39, 0.29) is 17.5 Å². The highest BCUT2D eigenvalue weighted by molar-refractivity contribution is 7.89. The lowest BCUT2D eigenvalue weighted by atomic mass is 9.94. The normalized spacial score (nSPS) is 19.0. The molecule has 35 heavy (non-hydrogen) atoms. The molecular formula is C27H39N3O4S. The zero-order valence-electron chi connectivity index (χ0n) is 21.4. The molecule has 0 bridgehead atoms. The van der Waals surface area contributed by atoms with Crippen LogP contribution in [0.1, 0.15) is 36.8 Å². The first kappa shape index (κ1) is 27.2. The van der Waals surface area contributed by atoms with Gasteiger partial charge in [0.15, 0.2) is 0 Å². The smallest absolute Gasteiger partial charge is 0.409 e. The Bertz CT molecular complexity index is 1040. The van der Waals surface area contributed by atoms with Gasteiger partial charge in [0.05, 0.1) is 10.9 Å². The monoisotopic (exact) mass is 501 g/mol. The van der Waals surface area contributed by atoms with Crippen LogP contribution in [0.15, 0.2) is 59.5 Å². The maximum atomic E-state index is 13.9. The molecule has 7 nitrogen and oxygen atoms in total. The van der Waals surface area contributed by atoms with Crippen molar-refractivity contribution in [2.75, 3.05) is 40.8 Å². The first-order valence-corrected chi connectivity index (χ1v) is 13.8. The lowest BCUT2D eigenvalue weighted by Crippen LogP contribution is -2.53. The first-order chi connectivity index (χ1) is 16.7. The molecule has 3 rings (SSSR count). The van der Waals surface area contributed by atoms with Crippen molar-refractivity contribution in [1.29, 1.82) is 0 Å². The first-order valence-electron chi connectivity index (χ1n) is 12.3. The Morgan fingerprint density at radius 1 is 0.971 bits per heavy atom. The molecule has 0 aliphatic carbocycles. The summed E-state index contributed by atoms with van der Waals surface area (Å²) in [6.45, 7) is 3.45. The van der Waals surface area contributed by atoms with E-state index < -0.39 is 22.2 Å². The number of hydrogen-bond donors (Lipinski definition) is 0. The average Bonchev–Trinajstić information content (AvgIpc) is 2.83. The van der Waals surface area contributed by atoms with E-state index in [4.69, 9.17) is 4.74 Å². The van der Waals surface area contributed by atoms with Crippen LogP contribution in [0.5, 0.6) is 0 Å². The summed E-state index contributed by atoms with van der Waals surface area (Å²) >= 11 is 0. The Balaban J connectivity index is 1.79. The summed E-state index contributed by atoms with van der Waals surface area (Å²) in [4.78, 5) is 16.5. The number of aryl methyl sites for hydroxylation is 1. The SMILES string of the molecule is Cc1ccc(S(=O)(=O)N2[C@@H](COC(=O)N(C)CCCN(C)C)CCC[C@H]2Cc2ccccc2)cc1. The van der Waals surface area contributed by atoms with Crippen LogP contribution < -0.4 is 0 Å². The molecule has 0 N–H and O–H groups in total. The lowest BCUT2D eigenvalue weighted by molar-refractivity contribution is 0.0663. The van der Waals surface area contributed by atoms with Gasteiger partial charge < -0.3 is 14.5 Å². The number of sulfonamides is 1. The van der Waals surface area contributed by atoms with Crippen LogP contribution >= 0.6 is 0 Å². The predicted molar refractivity (Wildman–Crippen MR) is 139 cm³/mol. The molecule has 1 saturated heterocycles. The highest BCUT2D eigenvalue weighted by Crippen LogP contribution is 2.32. The number of rotatable bonds is 10. The number of nitrogens with zero attached hydrogens (tertiary/aromatic N) is 3. The summed E-state index contributed by atoms with van der Waals surface area (Å²) < 4.78 is 35.0. The Morgan fingerprint density at radius 2 is 1.63 bits per heavy atom. The van der Waals surface area contributed by atoms with Gasteiger partial charge >= 0.3 is 6.09 Å². The molecule has 1 aliphatic rings. The van der Waals surface area contributed by atoms with Gasteiger partial charge in [0.2, 0.25) is 10.0 Å². The van der Waals surface area contributed by atoms with Crippen LogP contribution in [0.2, 0.25) is 0 Å². The van der Waals surface area contributed by atoms with E-state index in [1.807, 2.05) is 63.5 Å². The fraction of sp³-hybridized carbons (Fsp3) is 0.519. The maximum absolute atomic E-state index is 13.9. The van der Waals surface area contributed by atoms with Crippen LogP contribution in [-0.4, -0.2) is 81.5 Å². The largest absolute Gasteiger partial charge is 0.448 e. The number of piperidine rings is 1. The summed E-state index contributed by atoms with van der Waals surface area (Å²) in [5, 5.41) is 0. The van der Waals surface area contributed by atoms with Crippen molar-refractivity contribution in [3.8, 4) is 0 Å². The highest BCUT2D eigenvalue weighted by Gasteiger charge is 2.40. The molecule has 8 heteroatoms.